The van der Waals surface area contributed by atoms with Gasteiger partial charge in [0.05, 0.1) is 12.0 Å². The van der Waals surface area contributed by atoms with E-state index in [0.29, 0.717) is 13.0 Å². The summed E-state index contributed by atoms with van der Waals surface area (Å²) < 4.78 is 2.17. The fourth-order valence-corrected chi connectivity index (χ4v) is 4.25. The maximum atomic E-state index is 11.8. The number of aryl methyl sites for hydroxylation is 3. The first-order chi connectivity index (χ1) is 13.4. The summed E-state index contributed by atoms with van der Waals surface area (Å²) in [7, 11) is 0. The van der Waals surface area contributed by atoms with Crippen molar-refractivity contribution in [2.45, 2.75) is 45.6 Å². The van der Waals surface area contributed by atoms with Crippen molar-refractivity contribution in [2.75, 3.05) is 0 Å². The molecule has 0 spiro atoms. The van der Waals surface area contributed by atoms with Crippen LogP contribution in [0.3, 0.4) is 0 Å². The number of imidazole rings is 1. The molecule has 2 heterocycles. The van der Waals surface area contributed by atoms with Gasteiger partial charge in [-0.2, -0.15) is 0 Å². The number of carboxylic acid groups (broad SMARTS) is 1. The molecule has 0 saturated heterocycles. The fraction of sp³-hybridized carbons (Fsp3) is 0.348. The molecule has 0 amide bonds. The van der Waals surface area contributed by atoms with Crippen LogP contribution in [-0.2, 0) is 23.2 Å². The third-order valence-corrected chi connectivity index (χ3v) is 5.91. The van der Waals surface area contributed by atoms with Crippen LogP contribution in [0.4, 0.5) is 0 Å². The lowest BCUT2D eigenvalue weighted by Crippen LogP contribution is -2.22. The molecule has 1 fully saturated rings. The Kier molecular flexibility index (Phi) is 4.33. The highest BCUT2D eigenvalue weighted by molar-refractivity contribution is 5.86. The number of aromatic nitrogens is 3. The van der Waals surface area contributed by atoms with Gasteiger partial charge in [-0.15, -0.1) is 6.58 Å². The smallest absolute Gasteiger partial charge is 0.314 e. The van der Waals surface area contributed by atoms with E-state index in [2.05, 4.69) is 31.1 Å². The number of carboxylic acids is 1. The second kappa shape index (κ2) is 6.59. The lowest BCUT2D eigenvalue weighted by molar-refractivity contribution is -0.140. The molecule has 1 aliphatic rings. The molecule has 144 valence electrons. The van der Waals surface area contributed by atoms with Crippen molar-refractivity contribution < 1.29 is 9.90 Å². The minimum atomic E-state index is -0.799. The van der Waals surface area contributed by atoms with Crippen LogP contribution >= 0.6 is 0 Å². The first-order valence-electron chi connectivity index (χ1n) is 9.69. The normalized spacial score (nSPS) is 21.0. The van der Waals surface area contributed by atoms with Crippen LogP contribution in [0.2, 0.25) is 0 Å². The molecular formula is C23H25N3O2. The molecule has 3 aromatic rings. The van der Waals surface area contributed by atoms with Gasteiger partial charge in [0, 0.05) is 12.1 Å². The molecule has 5 nitrogen and oxygen atoms in total. The second-order valence-electron chi connectivity index (χ2n) is 7.74. The zero-order valence-electron chi connectivity index (χ0n) is 16.6. The van der Waals surface area contributed by atoms with Gasteiger partial charge < -0.3 is 9.67 Å². The van der Waals surface area contributed by atoms with Gasteiger partial charge >= 0.3 is 5.97 Å². The number of hydrogen-bond donors (Lipinski definition) is 1. The molecule has 2 atom stereocenters. The Balaban J connectivity index is 1.69. The molecule has 0 aliphatic heterocycles. The van der Waals surface area contributed by atoms with Crippen LogP contribution in [0, 0.1) is 19.8 Å². The Morgan fingerprint density at radius 3 is 2.61 bits per heavy atom. The summed E-state index contributed by atoms with van der Waals surface area (Å²) in [5, 5.41) is 9.71. The van der Waals surface area contributed by atoms with Crippen molar-refractivity contribution in [3.63, 3.8) is 0 Å². The molecule has 5 heteroatoms. The Labute approximate surface area is 164 Å². The van der Waals surface area contributed by atoms with Gasteiger partial charge in [-0.25, -0.2) is 9.97 Å². The van der Waals surface area contributed by atoms with Crippen LogP contribution in [0.5, 0.6) is 0 Å². The number of benzene rings is 1. The van der Waals surface area contributed by atoms with Crippen LogP contribution in [-0.4, -0.2) is 25.6 Å². The first-order valence-corrected chi connectivity index (χ1v) is 9.69. The average Bonchev–Trinajstić information content (AvgIpc) is 3.33. The highest BCUT2D eigenvalue weighted by Gasteiger charge is 2.60. The van der Waals surface area contributed by atoms with E-state index in [4.69, 9.17) is 9.97 Å². The summed E-state index contributed by atoms with van der Waals surface area (Å²) in [6, 6.07) is 9.99. The number of fused-ring (bicyclic) bond motifs is 1. The Morgan fingerprint density at radius 1 is 1.32 bits per heavy atom. The van der Waals surface area contributed by atoms with Crippen molar-refractivity contribution in [2.24, 2.45) is 5.92 Å². The molecule has 1 N–H and O–H groups in total. The monoisotopic (exact) mass is 375 g/mol. The van der Waals surface area contributed by atoms with E-state index in [9.17, 15) is 9.90 Å². The third kappa shape index (κ3) is 2.73. The first kappa shape index (κ1) is 18.4. The number of rotatable bonds is 6. The van der Waals surface area contributed by atoms with E-state index in [1.807, 2.05) is 31.2 Å². The number of allylic oxidation sites excluding steroid dienone is 1. The third-order valence-electron chi connectivity index (χ3n) is 5.91. The van der Waals surface area contributed by atoms with Gasteiger partial charge in [0.1, 0.15) is 11.3 Å². The Morgan fingerprint density at radius 2 is 2.04 bits per heavy atom. The molecule has 0 bridgehead atoms. The van der Waals surface area contributed by atoms with Gasteiger partial charge in [-0.05, 0) is 48.9 Å². The Bertz CT molecular complexity index is 1080. The van der Waals surface area contributed by atoms with E-state index < -0.39 is 11.4 Å². The summed E-state index contributed by atoms with van der Waals surface area (Å²) in [4.78, 5) is 21.3. The average molecular weight is 375 g/mol. The van der Waals surface area contributed by atoms with Gasteiger partial charge in [-0.3, -0.25) is 4.79 Å². The number of hydrogen-bond acceptors (Lipinski definition) is 3. The molecule has 28 heavy (non-hydrogen) atoms. The van der Waals surface area contributed by atoms with Crippen molar-refractivity contribution in [3.8, 4) is 0 Å². The van der Waals surface area contributed by atoms with Crippen LogP contribution in [0.15, 0.2) is 43.0 Å². The van der Waals surface area contributed by atoms with Gasteiger partial charge in [-0.1, -0.05) is 37.3 Å². The summed E-state index contributed by atoms with van der Waals surface area (Å²) in [5.41, 5.74) is 5.15. The van der Waals surface area contributed by atoms with Crippen molar-refractivity contribution in [1.82, 2.24) is 14.5 Å². The summed E-state index contributed by atoms with van der Waals surface area (Å²) in [5.74, 6) is 0.251. The van der Waals surface area contributed by atoms with E-state index in [1.54, 1.807) is 6.08 Å². The number of pyridine rings is 1. The second-order valence-corrected chi connectivity index (χ2v) is 7.74. The van der Waals surface area contributed by atoms with E-state index in [-0.39, 0.29) is 5.92 Å². The van der Waals surface area contributed by atoms with Crippen LogP contribution in [0.1, 0.15) is 41.6 Å². The maximum absolute atomic E-state index is 11.8. The molecule has 1 aliphatic carbocycles. The predicted molar refractivity (Wildman–Crippen MR) is 110 cm³/mol. The molecule has 2 aromatic heterocycles. The molecule has 0 radical (unpaired) electrons. The quantitative estimate of drug-likeness (QED) is 0.656. The maximum Gasteiger partial charge on any atom is 0.314 e. The molecular weight excluding hydrogens is 350 g/mol. The highest BCUT2D eigenvalue weighted by atomic mass is 16.4. The van der Waals surface area contributed by atoms with Gasteiger partial charge in [0.15, 0.2) is 5.65 Å². The van der Waals surface area contributed by atoms with Crippen molar-refractivity contribution in [3.05, 3.63) is 71.2 Å². The molecule has 4 rings (SSSR count). The molecule has 1 saturated carbocycles. The summed E-state index contributed by atoms with van der Waals surface area (Å²) in [6.07, 6.45) is 3.21. The molecule has 1 aromatic carbocycles. The largest absolute Gasteiger partial charge is 0.481 e. The summed E-state index contributed by atoms with van der Waals surface area (Å²) >= 11 is 0. The number of carbonyl (C=O) groups is 1. The van der Waals surface area contributed by atoms with Gasteiger partial charge in [0.2, 0.25) is 0 Å². The topological polar surface area (TPSA) is 68.0 Å². The van der Waals surface area contributed by atoms with Gasteiger partial charge in [0.25, 0.3) is 0 Å². The van der Waals surface area contributed by atoms with E-state index in [0.717, 1.165) is 45.8 Å². The van der Waals surface area contributed by atoms with Crippen molar-refractivity contribution in [1.29, 1.82) is 0 Å². The zero-order chi connectivity index (χ0) is 20.1. The summed E-state index contributed by atoms with van der Waals surface area (Å²) in [6.45, 7) is 10.6. The van der Waals surface area contributed by atoms with E-state index >= 15 is 0 Å². The molecule has 2 unspecified atom stereocenters. The Hall–Kier alpha value is -2.95. The van der Waals surface area contributed by atoms with Crippen LogP contribution in [0.25, 0.3) is 11.2 Å². The standard InChI is InChI=1S/C23H25N3O2/c1-5-17-12-23(17,22(27)28)18-9-7-16(8-10-18)13-26-19(6-2)25-20-14(3)11-15(4)24-21(20)26/h5,7-11,17H,1,6,12-13H2,2-4H3,(H,27,28). The predicted octanol–water partition coefficient (Wildman–Crippen LogP) is 4.19. The number of nitrogens with zero attached hydrogens (tertiary/aromatic N) is 3. The highest BCUT2D eigenvalue weighted by Crippen LogP contribution is 2.55. The number of aliphatic carboxylic acids is 1. The van der Waals surface area contributed by atoms with E-state index in [1.165, 1.54) is 0 Å². The minimum absolute atomic E-state index is 0.00952. The van der Waals surface area contributed by atoms with Crippen LogP contribution < -0.4 is 0 Å². The zero-order valence-corrected chi connectivity index (χ0v) is 16.6. The minimum Gasteiger partial charge on any atom is -0.481 e. The SMILES string of the molecule is C=CC1CC1(C(=O)O)c1ccc(Cn2c(CC)nc3c(C)cc(C)nc32)cc1. The fourth-order valence-electron chi connectivity index (χ4n) is 4.25. The lowest BCUT2D eigenvalue weighted by Gasteiger charge is -2.13. The van der Waals surface area contributed by atoms with Crippen molar-refractivity contribution >= 4 is 17.1 Å². The lowest BCUT2D eigenvalue weighted by atomic mass is 9.92.